The van der Waals surface area contributed by atoms with Gasteiger partial charge in [0, 0.05) is 15.9 Å². The number of alkyl halides is 1. The van der Waals surface area contributed by atoms with Gasteiger partial charge in [0.1, 0.15) is 0 Å². The summed E-state index contributed by atoms with van der Waals surface area (Å²) in [5.74, 6) is -0.0203. The molecule has 0 aromatic heterocycles. The zero-order valence-corrected chi connectivity index (χ0v) is 12.7. The first-order chi connectivity index (χ1) is 7.72. The number of hydrogen-bond donors (Lipinski definition) is 1. The number of hydrogen-bond acceptors (Lipinski definition) is 1. The molecule has 2 nitrogen and oxygen atoms in total. The van der Waals surface area contributed by atoms with Crippen molar-refractivity contribution in [3.05, 3.63) is 34.9 Å². The molecule has 0 saturated heterocycles. The van der Waals surface area contributed by atoms with E-state index in [4.69, 9.17) is 0 Å². The normalized spacial score (nSPS) is 13.3. The van der Waals surface area contributed by atoms with Crippen LogP contribution in [-0.4, -0.2) is 16.3 Å². The van der Waals surface area contributed by atoms with Crippen molar-refractivity contribution in [3.8, 4) is 0 Å². The molecule has 1 rings (SSSR count). The zero-order valence-electron chi connectivity index (χ0n) is 11.1. The van der Waals surface area contributed by atoms with E-state index < -0.39 is 0 Å². The smallest absolute Gasteiger partial charge is 0.251 e. The monoisotopic (exact) mass is 297 g/mol. The molecule has 1 amide bonds. The number of rotatable bonds is 3. The standard InChI is InChI=1S/C14H20BrNO/c1-9-6-10(2)8-12(7-9)13(17)16-14(4,5)11(3)15/h6-8,11H,1-5H3,(H,16,17). The van der Waals surface area contributed by atoms with Gasteiger partial charge in [0.05, 0.1) is 0 Å². The Balaban J connectivity index is 2.91. The lowest BCUT2D eigenvalue weighted by molar-refractivity contribution is 0.0913. The average Bonchev–Trinajstić information content (AvgIpc) is 2.15. The van der Waals surface area contributed by atoms with E-state index >= 15 is 0 Å². The van der Waals surface area contributed by atoms with E-state index in [2.05, 4.69) is 27.3 Å². The van der Waals surface area contributed by atoms with Gasteiger partial charge in [0.2, 0.25) is 0 Å². The van der Waals surface area contributed by atoms with E-state index in [0.717, 1.165) is 16.7 Å². The van der Waals surface area contributed by atoms with Crippen LogP contribution in [0.4, 0.5) is 0 Å². The van der Waals surface area contributed by atoms with E-state index in [1.165, 1.54) is 0 Å². The second kappa shape index (κ2) is 5.21. The van der Waals surface area contributed by atoms with Gasteiger partial charge in [-0.1, -0.05) is 40.0 Å². The van der Waals surface area contributed by atoms with Crippen LogP contribution in [0.1, 0.15) is 42.3 Å². The fraction of sp³-hybridized carbons (Fsp3) is 0.500. The van der Waals surface area contributed by atoms with Crippen LogP contribution in [0.15, 0.2) is 18.2 Å². The number of aryl methyl sites for hydroxylation is 2. The number of benzene rings is 1. The largest absolute Gasteiger partial charge is 0.346 e. The van der Waals surface area contributed by atoms with Crippen LogP contribution in [-0.2, 0) is 0 Å². The Morgan fingerprint density at radius 1 is 1.24 bits per heavy atom. The topological polar surface area (TPSA) is 29.1 Å². The lowest BCUT2D eigenvalue weighted by Gasteiger charge is -2.29. The second-order valence-electron chi connectivity index (χ2n) is 5.17. The Bertz CT molecular complexity index is 404. The molecule has 1 atom stereocenters. The lowest BCUT2D eigenvalue weighted by atomic mass is 10.00. The summed E-state index contributed by atoms with van der Waals surface area (Å²) in [6.45, 7) is 10.0. The quantitative estimate of drug-likeness (QED) is 0.849. The molecule has 1 N–H and O–H groups in total. The van der Waals surface area contributed by atoms with Crippen molar-refractivity contribution in [2.75, 3.05) is 0 Å². The zero-order chi connectivity index (χ0) is 13.2. The molecule has 0 aliphatic carbocycles. The van der Waals surface area contributed by atoms with Crippen molar-refractivity contribution in [2.45, 2.75) is 45.0 Å². The summed E-state index contributed by atoms with van der Waals surface area (Å²) < 4.78 is 0. The molecule has 94 valence electrons. The number of nitrogens with one attached hydrogen (secondary N) is 1. The van der Waals surface area contributed by atoms with Gasteiger partial charge in [0.15, 0.2) is 0 Å². The molecule has 0 aliphatic heterocycles. The number of carbonyl (C=O) groups excluding carboxylic acids is 1. The second-order valence-corrected chi connectivity index (χ2v) is 6.54. The van der Waals surface area contributed by atoms with Crippen LogP contribution in [0.2, 0.25) is 0 Å². The molecule has 0 bridgehead atoms. The molecule has 0 fully saturated rings. The van der Waals surface area contributed by atoms with Gasteiger partial charge in [0.25, 0.3) is 5.91 Å². The van der Waals surface area contributed by atoms with Crippen molar-refractivity contribution in [2.24, 2.45) is 0 Å². The molecule has 1 unspecified atom stereocenters. The number of carbonyl (C=O) groups is 1. The van der Waals surface area contributed by atoms with Crippen molar-refractivity contribution >= 4 is 21.8 Å². The summed E-state index contributed by atoms with van der Waals surface area (Å²) in [5, 5.41) is 3.04. The Hall–Kier alpha value is -0.830. The summed E-state index contributed by atoms with van der Waals surface area (Å²) in [4.78, 5) is 12.4. The minimum Gasteiger partial charge on any atom is -0.346 e. The highest BCUT2D eigenvalue weighted by Gasteiger charge is 2.26. The van der Waals surface area contributed by atoms with Crippen LogP contribution in [0.25, 0.3) is 0 Å². The van der Waals surface area contributed by atoms with E-state index in [0.29, 0.717) is 0 Å². The highest BCUT2D eigenvalue weighted by molar-refractivity contribution is 9.09. The highest BCUT2D eigenvalue weighted by Crippen LogP contribution is 2.18. The summed E-state index contributed by atoms with van der Waals surface area (Å²) in [7, 11) is 0. The van der Waals surface area contributed by atoms with E-state index in [1.54, 1.807) is 0 Å². The predicted molar refractivity (Wildman–Crippen MR) is 75.9 cm³/mol. The molecule has 0 aliphatic rings. The maximum absolute atomic E-state index is 12.1. The number of halogens is 1. The molecular formula is C14H20BrNO. The van der Waals surface area contributed by atoms with Crippen LogP contribution in [0, 0.1) is 13.8 Å². The third-order valence-electron chi connectivity index (χ3n) is 2.91. The Morgan fingerprint density at radius 3 is 2.12 bits per heavy atom. The van der Waals surface area contributed by atoms with Gasteiger partial charge in [-0.2, -0.15) is 0 Å². The summed E-state index contributed by atoms with van der Waals surface area (Å²) >= 11 is 3.51. The minimum atomic E-state index is -0.269. The predicted octanol–water partition coefficient (Wildman–Crippen LogP) is 3.60. The summed E-state index contributed by atoms with van der Waals surface area (Å²) in [6, 6.07) is 5.89. The van der Waals surface area contributed by atoms with Crippen LogP contribution >= 0.6 is 15.9 Å². The van der Waals surface area contributed by atoms with Crippen molar-refractivity contribution in [1.29, 1.82) is 0 Å². The molecule has 3 heteroatoms. The Kier molecular flexibility index (Phi) is 4.36. The Labute approximate surface area is 112 Å². The van der Waals surface area contributed by atoms with Gasteiger partial charge >= 0.3 is 0 Å². The molecule has 0 saturated carbocycles. The first-order valence-corrected chi connectivity index (χ1v) is 6.69. The third-order valence-corrected chi connectivity index (χ3v) is 4.06. The first kappa shape index (κ1) is 14.2. The molecule has 0 heterocycles. The van der Waals surface area contributed by atoms with Crippen LogP contribution in [0.3, 0.4) is 0 Å². The fourth-order valence-corrected chi connectivity index (χ4v) is 1.68. The molecular weight excluding hydrogens is 278 g/mol. The number of amides is 1. The molecule has 0 spiro atoms. The first-order valence-electron chi connectivity index (χ1n) is 5.77. The summed E-state index contributed by atoms with van der Waals surface area (Å²) in [5.41, 5.74) is 2.68. The van der Waals surface area contributed by atoms with Gasteiger partial charge in [-0.15, -0.1) is 0 Å². The lowest BCUT2D eigenvalue weighted by Crippen LogP contribution is -2.48. The van der Waals surface area contributed by atoms with Gasteiger partial charge < -0.3 is 5.32 Å². The SMILES string of the molecule is Cc1cc(C)cc(C(=O)NC(C)(C)C(C)Br)c1. The molecule has 17 heavy (non-hydrogen) atoms. The van der Waals surface area contributed by atoms with Gasteiger partial charge in [-0.25, -0.2) is 0 Å². The maximum Gasteiger partial charge on any atom is 0.251 e. The Morgan fingerprint density at radius 2 is 1.71 bits per heavy atom. The van der Waals surface area contributed by atoms with Crippen molar-refractivity contribution < 1.29 is 4.79 Å². The molecule has 0 radical (unpaired) electrons. The van der Waals surface area contributed by atoms with E-state index in [1.807, 2.05) is 46.8 Å². The van der Waals surface area contributed by atoms with Crippen molar-refractivity contribution in [3.63, 3.8) is 0 Å². The molecule has 1 aromatic carbocycles. The molecule has 1 aromatic rings. The van der Waals surface area contributed by atoms with Gasteiger partial charge in [-0.05, 0) is 39.8 Å². The van der Waals surface area contributed by atoms with Crippen molar-refractivity contribution in [1.82, 2.24) is 5.32 Å². The van der Waals surface area contributed by atoms with Crippen LogP contribution < -0.4 is 5.32 Å². The van der Waals surface area contributed by atoms with E-state index in [-0.39, 0.29) is 16.3 Å². The maximum atomic E-state index is 12.1. The average molecular weight is 298 g/mol. The minimum absolute atomic E-state index is 0.0203. The van der Waals surface area contributed by atoms with E-state index in [9.17, 15) is 4.79 Å². The van der Waals surface area contributed by atoms with Gasteiger partial charge in [-0.3, -0.25) is 4.79 Å². The highest BCUT2D eigenvalue weighted by atomic mass is 79.9. The third kappa shape index (κ3) is 3.84. The van der Waals surface area contributed by atoms with Crippen LogP contribution in [0.5, 0.6) is 0 Å². The fourth-order valence-electron chi connectivity index (χ4n) is 1.57. The summed E-state index contributed by atoms with van der Waals surface area (Å²) in [6.07, 6.45) is 0.